The lowest BCUT2D eigenvalue weighted by molar-refractivity contribution is -0.156. The summed E-state index contributed by atoms with van der Waals surface area (Å²) in [4.78, 5) is 54.8. The van der Waals surface area contributed by atoms with E-state index in [9.17, 15) is 19.2 Å². The van der Waals surface area contributed by atoms with E-state index in [1.807, 2.05) is 78.9 Å². The van der Waals surface area contributed by atoms with Gasteiger partial charge in [0.15, 0.2) is 0 Å². The van der Waals surface area contributed by atoms with Gasteiger partial charge in [-0.25, -0.2) is 4.79 Å². The fourth-order valence-electron chi connectivity index (χ4n) is 6.41. The molecule has 0 radical (unpaired) electrons. The van der Waals surface area contributed by atoms with Crippen molar-refractivity contribution in [1.29, 1.82) is 0 Å². The van der Waals surface area contributed by atoms with Crippen LogP contribution in [0.5, 0.6) is 11.5 Å². The smallest absolute Gasteiger partial charge is 0.351 e. The number of carbonyl (C=O) groups is 3. The number of methoxy groups -OCH3 is 2. The van der Waals surface area contributed by atoms with Crippen molar-refractivity contribution in [3.8, 4) is 11.5 Å². The molecule has 6 rings (SSSR count). The summed E-state index contributed by atoms with van der Waals surface area (Å²) >= 11 is 0. The van der Waals surface area contributed by atoms with Gasteiger partial charge in [0.1, 0.15) is 47.1 Å². The number of esters is 1. The van der Waals surface area contributed by atoms with Crippen LogP contribution < -0.4 is 20.5 Å². The number of amides is 1. The molecule has 3 unspecified atom stereocenters. The lowest BCUT2D eigenvalue weighted by Crippen LogP contribution is -2.39. The molecule has 3 atom stereocenters. The van der Waals surface area contributed by atoms with E-state index in [2.05, 4.69) is 10.3 Å². The van der Waals surface area contributed by atoms with Crippen molar-refractivity contribution in [3.63, 3.8) is 0 Å². The fraction of sp³-hybridized carbons (Fsp3) is 0.262. The van der Waals surface area contributed by atoms with Crippen LogP contribution in [0.25, 0.3) is 0 Å². The molecular formula is C42H41N3O9. The molecule has 1 N–H and O–H groups in total. The molecule has 12 heteroatoms. The molecule has 0 saturated carbocycles. The van der Waals surface area contributed by atoms with Crippen LogP contribution in [0, 0.1) is 0 Å². The third-order valence-electron chi connectivity index (χ3n) is 9.20. The number of nitrogens with zero attached hydrogens (tertiary/aromatic N) is 2. The van der Waals surface area contributed by atoms with Crippen LogP contribution in [0.2, 0.25) is 0 Å². The molecule has 1 fully saturated rings. The van der Waals surface area contributed by atoms with E-state index in [4.69, 9.17) is 23.7 Å². The van der Waals surface area contributed by atoms with E-state index in [0.717, 1.165) is 16.7 Å². The Hall–Kier alpha value is -6.11. The van der Waals surface area contributed by atoms with Crippen LogP contribution in [0.3, 0.4) is 0 Å². The zero-order valence-electron chi connectivity index (χ0n) is 30.2. The van der Waals surface area contributed by atoms with Gasteiger partial charge >= 0.3 is 11.7 Å². The van der Waals surface area contributed by atoms with Crippen molar-refractivity contribution in [2.45, 2.75) is 50.2 Å². The van der Waals surface area contributed by atoms with Gasteiger partial charge in [-0.2, -0.15) is 4.98 Å². The van der Waals surface area contributed by atoms with Crippen LogP contribution in [-0.2, 0) is 29.4 Å². The van der Waals surface area contributed by atoms with Crippen LogP contribution in [-0.4, -0.2) is 60.2 Å². The van der Waals surface area contributed by atoms with Gasteiger partial charge in [-0.15, -0.1) is 0 Å². The number of nitrogens with one attached hydrogen (secondary N) is 1. The van der Waals surface area contributed by atoms with Gasteiger partial charge < -0.3 is 33.8 Å². The summed E-state index contributed by atoms with van der Waals surface area (Å²) in [6, 6.07) is 34.9. The zero-order valence-corrected chi connectivity index (χ0v) is 30.2. The molecule has 1 aliphatic rings. The van der Waals surface area contributed by atoms with Gasteiger partial charge in [-0.05, 0) is 66.1 Å². The minimum atomic E-state index is -1.19. The number of carbonyl (C=O) groups excluding carboxylic acids is 3. The quantitative estimate of drug-likeness (QED) is 0.0993. The average Bonchev–Trinajstić information content (AvgIpc) is 3.60. The lowest BCUT2D eigenvalue weighted by atomic mass is 9.80. The Morgan fingerprint density at radius 3 is 1.93 bits per heavy atom. The molecule has 0 bridgehead atoms. The van der Waals surface area contributed by atoms with E-state index in [-0.39, 0.29) is 37.5 Å². The first-order chi connectivity index (χ1) is 26.2. The van der Waals surface area contributed by atoms with Crippen LogP contribution in [0.15, 0.2) is 126 Å². The van der Waals surface area contributed by atoms with Crippen molar-refractivity contribution in [2.24, 2.45) is 0 Å². The van der Waals surface area contributed by atoms with Crippen LogP contribution >= 0.6 is 0 Å². The predicted molar refractivity (Wildman–Crippen MR) is 199 cm³/mol. The molecule has 278 valence electrons. The highest BCUT2D eigenvalue weighted by molar-refractivity contribution is 6.03. The molecule has 1 saturated heterocycles. The van der Waals surface area contributed by atoms with Crippen molar-refractivity contribution in [1.82, 2.24) is 9.55 Å². The minimum absolute atomic E-state index is 0.0304. The number of rotatable bonds is 15. The molecule has 2 heterocycles. The second-order valence-electron chi connectivity index (χ2n) is 12.7. The number of hydrogen-bond acceptors (Lipinski definition) is 10. The Labute approximate surface area is 312 Å². The number of ether oxygens (including phenoxy) is 5. The van der Waals surface area contributed by atoms with Gasteiger partial charge in [0.25, 0.3) is 5.91 Å². The maximum absolute atomic E-state index is 13.4. The van der Waals surface area contributed by atoms with Crippen molar-refractivity contribution in [2.75, 3.05) is 26.1 Å². The molecular weight excluding hydrogens is 690 g/mol. The van der Waals surface area contributed by atoms with Crippen LogP contribution in [0.1, 0.15) is 59.5 Å². The number of anilines is 1. The predicted octanol–water partition coefficient (Wildman–Crippen LogP) is 6.09. The maximum Gasteiger partial charge on any atom is 0.351 e. The first-order valence-corrected chi connectivity index (χ1v) is 17.5. The fourth-order valence-corrected chi connectivity index (χ4v) is 6.41. The van der Waals surface area contributed by atoms with E-state index in [0.29, 0.717) is 17.1 Å². The van der Waals surface area contributed by atoms with E-state index in [1.54, 1.807) is 44.6 Å². The summed E-state index contributed by atoms with van der Waals surface area (Å²) in [6.07, 6.45) is -1.09. The van der Waals surface area contributed by atoms with E-state index >= 15 is 0 Å². The van der Waals surface area contributed by atoms with Gasteiger partial charge in [-0.3, -0.25) is 14.2 Å². The monoisotopic (exact) mass is 731 g/mol. The van der Waals surface area contributed by atoms with Crippen molar-refractivity contribution >= 4 is 23.5 Å². The summed E-state index contributed by atoms with van der Waals surface area (Å²) in [7, 11) is 3.20. The molecule has 4 aromatic carbocycles. The SMILES string of the molecule is COc1ccc(C(OCC2OC(n3ccc(NC(=O)c4ccccc4)nc3=O)CC2OC(=O)CCC(C)=O)(c2ccccc2)c2ccc(OC)cc2)cc1. The number of hydrogen-bond donors (Lipinski definition) is 1. The molecule has 5 aromatic rings. The highest BCUT2D eigenvalue weighted by Gasteiger charge is 2.44. The highest BCUT2D eigenvalue weighted by Crippen LogP contribution is 2.43. The molecule has 0 aliphatic carbocycles. The summed E-state index contributed by atoms with van der Waals surface area (Å²) in [5.41, 5.74) is 0.940. The number of benzene rings is 4. The van der Waals surface area contributed by atoms with Crippen molar-refractivity contribution < 1.29 is 38.1 Å². The Morgan fingerprint density at radius 2 is 1.37 bits per heavy atom. The third-order valence-corrected chi connectivity index (χ3v) is 9.20. The van der Waals surface area contributed by atoms with E-state index < -0.39 is 41.6 Å². The average molecular weight is 732 g/mol. The summed E-state index contributed by atoms with van der Waals surface area (Å²) in [5.74, 6) is 0.272. The Morgan fingerprint density at radius 1 is 0.796 bits per heavy atom. The van der Waals surface area contributed by atoms with E-state index in [1.165, 1.54) is 23.8 Å². The second kappa shape index (κ2) is 17.1. The number of Topliss-reactive ketones (excluding diaryl/α,β-unsaturated/α-hetero) is 1. The second-order valence-corrected chi connectivity index (χ2v) is 12.7. The van der Waals surface area contributed by atoms with Crippen LogP contribution in [0.4, 0.5) is 5.82 Å². The Kier molecular flexibility index (Phi) is 12.0. The van der Waals surface area contributed by atoms with Gasteiger partial charge in [-0.1, -0.05) is 72.8 Å². The zero-order chi connectivity index (χ0) is 38.1. The Bertz CT molecular complexity index is 2060. The third kappa shape index (κ3) is 8.57. The molecule has 54 heavy (non-hydrogen) atoms. The van der Waals surface area contributed by atoms with Gasteiger partial charge in [0.05, 0.1) is 27.2 Å². The normalized spacial score (nSPS) is 16.7. The first kappa shape index (κ1) is 37.6. The Balaban J connectivity index is 1.33. The highest BCUT2D eigenvalue weighted by atomic mass is 16.6. The summed E-state index contributed by atoms with van der Waals surface area (Å²) in [6.45, 7) is 1.33. The number of aromatic nitrogens is 2. The van der Waals surface area contributed by atoms with Gasteiger partial charge in [0.2, 0.25) is 0 Å². The number of ketones is 1. The summed E-state index contributed by atoms with van der Waals surface area (Å²) in [5, 5.41) is 2.64. The molecule has 12 nitrogen and oxygen atoms in total. The van der Waals surface area contributed by atoms with Gasteiger partial charge in [0, 0.05) is 24.6 Å². The lowest BCUT2D eigenvalue weighted by Gasteiger charge is -2.37. The van der Waals surface area contributed by atoms with Crippen molar-refractivity contribution in [3.05, 3.63) is 154 Å². The topological polar surface area (TPSA) is 144 Å². The summed E-state index contributed by atoms with van der Waals surface area (Å²) < 4.78 is 31.6. The maximum atomic E-state index is 13.4. The first-order valence-electron chi connectivity index (χ1n) is 17.5. The molecule has 1 aromatic heterocycles. The molecule has 1 amide bonds. The minimum Gasteiger partial charge on any atom is -0.497 e. The largest absolute Gasteiger partial charge is 0.497 e. The molecule has 0 spiro atoms. The molecule has 1 aliphatic heterocycles. The standard InChI is InChI=1S/C42H41N3O9/c1-28(46)14-23-39(47)54-35-26-38(45-25-24-37(44-41(45)49)43-40(48)29-10-6-4-7-11-29)53-36(35)27-52-42(30-12-8-5-9-13-30,31-15-19-33(50-2)20-16-31)32-17-21-34(51-3)22-18-32/h4-13,15-22,24-25,35-36,38H,14,23,26-27H2,1-3H3,(H,43,44,48,49).